The second-order valence-corrected chi connectivity index (χ2v) is 5.51. The van der Waals surface area contributed by atoms with Gasteiger partial charge in [-0.25, -0.2) is 0 Å². The van der Waals surface area contributed by atoms with Crippen molar-refractivity contribution in [2.45, 2.75) is 12.5 Å². The normalized spacial score (nSPS) is 13.4. The summed E-state index contributed by atoms with van der Waals surface area (Å²) in [7, 11) is 1.62. The molecule has 1 atom stereocenters. The fourth-order valence-electron chi connectivity index (χ4n) is 2.62. The summed E-state index contributed by atoms with van der Waals surface area (Å²) in [6.07, 6.45) is 2.38. The molecule has 2 N–H and O–H groups in total. The second-order valence-electron chi connectivity index (χ2n) is 5.51. The standard InChI is InChI=1S/C19H21NO4/c1-3-8-22-16-6-4-13(10-18(16)21-2)9-15(20)14-5-7-17-19(11-14)24-12-23-17/h3-7,10-11,15H,1,8-9,12,20H2,2H3. The van der Waals surface area contributed by atoms with E-state index in [1.807, 2.05) is 36.4 Å². The van der Waals surface area contributed by atoms with Gasteiger partial charge in [-0.15, -0.1) is 0 Å². The highest BCUT2D eigenvalue weighted by molar-refractivity contribution is 5.46. The Balaban J connectivity index is 1.74. The van der Waals surface area contributed by atoms with Gasteiger partial charge in [0.15, 0.2) is 23.0 Å². The van der Waals surface area contributed by atoms with Crippen LogP contribution >= 0.6 is 0 Å². The van der Waals surface area contributed by atoms with E-state index in [9.17, 15) is 0 Å². The predicted molar refractivity (Wildman–Crippen MR) is 91.9 cm³/mol. The second kappa shape index (κ2) is 7.27. The Bertz CT molecular complexity index is 729. The van der Waals surface area contributed by atoms with E-state index in [0.29, 0.717) is 24.5 Å². The van der Waals surface area contributed by atoms with Crippen LogP contribution in [0.4, 0.5) is 0 Å². The zero-order valence-corrected chi connectivity index (χ0v) is 13.7. The van der Waals surface area contributed by atoms with Gasteiger partial charge in [-0.2, -0.15) is 0 Å². The number of hydrogen-bond donors (Lipinski definition) is 1. The quantitative estimate of drug-likeness (QED) is 0.791. The van der Waals surface area contributed by atoms with E-state index in [0.717, 1.165) is 22.6 Å². The molecule has 0 aromatic heterocycles. The van der Waals surface area contributed by atoms with Crippen LogP contribution in [-0.2, 0) is 6.42 Å². The maximum atomic E-state index is 6.35. The number of hydrogen-bond acceptors (Lipinski definition) is 5. The van der Waals surface area contributed by atoms with Crippen LogP contribution in [0.15, 0.2) is 49.1 Å². The van der Waals surface area contributed by atoms with Gasteiger partial charge in [0, 0.05) is 6.04 Å². The molecule has 0 radical (unpaired) electrons. The number of methoxy groups -OCH3 is 1. The zero-order chi connectivity index (χ0) is 16.9. The minimum Gasteiger partial charge on any atom is -0.493 e. The highest BCUT2D eigenvalue weighted by Crippen LogP contribution is 2.35. The van der Waals surface area contributed by atoms with Crippen molar-refractivity contribution >= 4 is 0 Å². The molecular weight excluding hydrogens is 306 g/mol. The first-order valence-corrected chi connectivity index (χ1v) is 7.77. The van der Waals surface area contributed by atoms with E-state index in [1.54, 1.807) is 13.2 Å². The lowest BCUT2D eigenvalue weighted by Gasteiger charge is -2.15. The van der Waals surface area contributed by atoms with E-state index in [1.165, 1.54) is 0 Å². The first-order valence-electron chi connectivity index (χ1n) is 7.77. The SMILES string of the molecule is C=CCOc1ccc(CC(N)c2ccc3c(c2)OCO3)cc1OC. The summed E-state index contributed by atoms with van der Waals surface area (Å²) in [4.78, 5) is 0. The van der Waals surface area contributed by atoms with Crippen molar-refractivity contribution in [2.24, 2.45) is 5.73 Å². The van der Waals surface area contributed by atoms with Crippen LogP contribution in [0.25, 0.3) is 0 Å². The van der Waals surface area contributed by atoms with Gasteiger partial charge in [0.1, 0.15) is 6.61 Å². The van der Waals surface area contributed by atoms with E-state index >= 15 is 0 Å². The van der Waals surface area contributed by atoms with Crippen LogP contribution in [0, 0.1) is 0 Å². The van der Waals surface area contributed by atoms with E-state index < -0.39 is 0 Å². The molecule has 0 amide bonds. The molecule has 1 aliphatic rings. The summed E-state index contributed by atoms with van der Waals surface area (Å²) >= 11 is 0. The molecule has 3 rings (SSSR count). The van der Waals surface area contributed by atoms with Gasteiger partial charge in [0.25, 0.3) is 0 Å². The molecule has 126 valence electrons. The van der Waals surface area contributed by atoms with E-state index in [-0.39, 0.29) is 12.8 Å². The van der Waals surface area contributed by atoms with Crippen molar-refractivity contribution in [3.63, 3.8) is 0 Å². The minimum atomic E-state index is -0.149. The Kier molecular flexibility index (Phi) is 4.91. The maximum absolute atomic E-state index is 6.35. The third kappa shape index (κ3) is 3.46. The van der Waals surface area contributed by atoms with Crippen molar-refractivity contribution in [1.29, 1.82) is 0 Å². The van der Waals surface area contributed by atoms with Gasteiger partial charge in [-0.05, 0) is 41.8 Å². The molecule has 0 spiro atoms. The summed E-state index contributed by atoms with van der Waals surface area (Å²) in [5, 5.41) is 0. The molecule has 5 heteroatoms. The molecule has 0 saturated heterocycles. The lowest BCUT2D eigenvalue weighted by atomic mass is 9.99. The monoisotopic (exact) mass is 327 g/mol. The fourth-order valence-corrected chi connectivity index (χ4v) is 2.62. The average Bonchev–Trinajstić information content (AvgIpc) is 3.08. The van der Waals surface area contributed by atoms with Crippen LogP contribution in [0.1, 0.15) is 17.2 Å². The molecule has 1 aliphatic heterocycles. The molecule has 2 aromatic rings. The number of nitrogens with two attached hydrogens (primary N) is 1. The molecular formula is C19H21NO4. The first-order chi connectivity index (χ1) is 11.7. The third-order valence-corrected chi connectivity index (χ3v) is 3.87. The van der Waals surface area contributed by atoms with Gasteiger partial charge < -0.3 is 24.7 Å². The molecule has 24 heavy (non-hydrogen) atoms. The highest BCUT2D eigenvalue weighted by atomic mass is 16.7. The molecule has 0 fully saturated rings. The van der Waals surface area contributed by atoms with Crippen LogP contribution in [-0.4, -0.2) is 20.5 Å². The average molecular weight is 327 g/mol. The van der Waals surface area contributed by atoms with Crippen LogP contribution < -0.4 is 24.7 Å². The smallest absolute Gasteiger partial charge is 0.231 e. The van der Waals surface area contributed by atoms with Crippen LogP contribution in [0.2, 0.25) is 0 Å². The topological polar surface area (TPSA) is 62.9 Å². The van der Waals surface area contributed by atoms with Gasteiger partial charge >= 0.3 is 0 Å². The minimum absolute atomic E-state index is 0.149. The van der Waals surface area contributed by atoms with Crippen molar-refractivity contribution in [2.75, 3.05) is 20.5 Å². The summed E-state index contributed by atoms with van der Waals surface area (Å²) in [5.41, 5.74) is 8.43. The Morgan fingerprint density at radius 3 is 2.79 bits per heavy atom. The Morgan fingerprint density at radius 2 is 2.00 bits per heavy atom. The van der Waals surface area contributed by atoms with Crippen molar-refractivity contribution in [3.8, 4) is 23.0 Å². The molecule has 2 aromatic carbocycles. The van der Waals surface area contributed by atoms with Gasteiger partial charge in [0.05, 0.1) is 7.11 Å². The van der Waals surface area contributed by atoms with E-state index in [4.69, 9.17) is 24.7 Å². The molecule has 1 unspecified atom stereocenters. The molecule has 0 aliphatic carbocycles. The van der Waals surface area contributed by atoms with Gasteiger partial charge in [-0.1, -0.05) is 24.8 Å². The van der Waals surface area contributed by atoms with Gasteiger partial charge in [0.2, 0.25) is 6.79 Å². The Morgan fingerprint density at radius 1 is 1.17 bits per heavy atom. The van der Waals surface area contributed by atoms with Crippen LogP contribution in [0.3, 0.4) is 0 Å². The van der Waals surface area contributed by atoms with E-state index in [2.05, 4.69) is 6.58 Å². The Hall–Kier alpha value is -2.66. The number of benzene rings is 2. The summed E-state index contributed by atoms with van der Waals surface area (Å²) in [6.45, 7) is 4.34. The lowest BCUT2D eigenvalue weighted by Crippen LogP contribution is -2.13. The number of rotatable bonds is 7. The predicted octanol–water partition coefficient (Wildman–Crippen LogP) is 3.23. The summed E-state index contributed by atoms with van der Waals surface area (Å²) in [5.74, 6) is 2.88. The first kappa shape index (κ1) is 16.2. The Labute approximate surface area is 141 Å². The van der Waals surface area contributed by atoms with Gasteiger partial charge in [-0.3, -0.25) is 0 Å². The summed E-state index contributed by atoms with van der Waals surface area (Å²) < 4.78 is 21.7. The molecule has 1 heterocycles. The highest BCUT2D eigenvalue weighted by Gasteiger charge is 2.16. The largest absolute Gasteiger partial charge is 0.493 e. The summed E-state index contributed by atoms with van der Waals surface area (Å²) in [6, 6.07) is 11.5. The van der Waals surface area contributed by atoms with Crippen molar-refractivity contribution in [1.82, 2.24) is 0 Å². The maximum Gasteiger partial charge on any atom is 0.231 e. The molecule has 5 nitrogen and oxygen atoms in total. The van der Waals surface area contributed by atoms with Crippen molar-refractivity contribution in [3.05, 3.63) is 60.2 Å². The van der Waals surface area contributed by atoms with Crippen LogP contribution in [0.5, 0.6) is 23.0 Å². The third-order valence-electron chi connectivity index (χ3n) is 3.87. The zero-order valence-electron chi connectivity index (χ0n) is 13.7. The van der Waals surface area contributed by atoms with Crippen molar-refractivity contribution < 1.29 is 18.9 Å². The molecule has 0 bridgehead atoms. The number of fused-ring (bicyclic) bond motifs is 1. The number of ether oxygens (including phenoxy) is 4. The fraction of sp³-hybridized carbons (Fsp3) is 0.263. The molecule has 0 saturated carbocycles. The lowest BCUT2D eigenvalue weighted by molar-refractivity contribution is 0.174.